The largest absolute Gasteiger partial charge is 0.476 e. The molecule has 2 heterocycles. The number of carboxylic acids is 1. The van der Waals surface area contributed by atoms with Crippen LogP contribution in [0.5, 0.6) is 0 Å². The van der Waals surface area contributed by atoms with Crippen LogP contribution in [0.15, 0.2) is 42.5 Å². The second kappa shape index (κ2) is 6.56. The molecular formula is C20H21ClN2O3. The molecule has 0 unspecified atom stereocenters. The monoisotopic (exact) mass is 372 g/mol. The van der Waals surface area contributed by atoms with E-state index in [4.69, 9.17) is 11.6 Å². The van der Waals surface area contributed by atoms with Gasteiger partial charge in [-0.15, -0.1) is 0 Å². The summed E-state index contributed by atoms with van der Waals surface area (Å²) in [7, 11) is 0. The number of carbonyl (C=O) groups is 1. The SMILES string of the molecule is O=C(O)c1nc(N2C[C@@H]3CCC[C@@](O)(c4ccccc4)[C@@H]3C2)ccc1Cl. The lowest BCUT2D eigenvalue weighted by Crippen LogP contribution is -2.42. The van der Waals surface area contributed by atoms with E-state index in [9.17, 15) is 15.0 Å². The Kier molecular flexibility index (Phi) is 4.37. The first-order valence-electron chi connectivity index (χ1n) is 8.92. The standard InChI is InChI=1S/C20H21ClN2O3/c21-16-8-9-17(22-18(16)19(24)25)23-11-13-5-4-10-20(26,15(13)12-23)14-6-2-1-3-7-14/h1-3,6-9,13,15,26H,4-5,10-12H2,(H,24,25)/t13-,15+,20+/m0/s1. The molecule has 6 heteroatoms. The molecule has 26 heavy (non-hydrogen) atoms. The topological polar surface area (TPSA) is 73.7 Å². The third-order valence-corrected chi connectivity index (χ3v) is 6.12. The molecule has 0 amide bonds. The van der Waals surface area contributed by atoms with Gasteiger partial charge in [0.05, 0.1) is 10.6 Å². The summed E-state index contributed by atoms with van der Waals surface area (Å²) in [5.41, 5.74) is -0.00903. The molecule has 1 aliphatic carbocycles. The Morgan fingerprint density at radius 2 is 1.96 bits per heavy atom. The lowest BCUT2D eigenvalue weighted by atomic mass is 9.67. The Bertz CT molecular complexity index is 829. The normalized spacial score (nSPS) is 28.0. The second-order valence-corrected chi connectivity index (χ2v) is 7.67. The van der Waals surface area contributed by atoms with Gasteiger partial charge in [-0.1, -0.05) is 41.9 Å². The first-order valence-corrected chi connectivity index (χ1v) is 9.29. The number of aliphatic hydroxyl groups is 1. The number of hydrogen-bond donors (Lipinski definition) is 2. The van der Waals surface area contributed by atoms with Crippen molar-refractivity contribution in [2.75, 3.05) is 18.0 Å². The summed E-state index contributed by atoms with van der Waals surface area (Å²) < 4.78 is 0. The molecule has 0 spiro atoms. The first-order chi connectivity index (χ1) is 12.5. The summed E-state index contributed by atoms with van der Waals surface area (Å²) in [5, 5.41) is 20.9. The smallest absolute Gasteiger partial charge is 0.356 e. The zero-order valence-corrected chi connectivity index (χ0v) is 15.1. The van der Waals surface area contributed by atoms with Crippen LogP contribution in [-0.4, -0.2) is 34.3 Å². The van der Waals surface area contributed by atoms with Gasteiger partial charge in [0.25, 0.3) is 0 Å². The fourth-order valence-corrected chi connectivity index (χ4v) is 4.74. The molecule has 136 valence electrons. The molecule has 1 aromatic heterocycles. The van der Waals surface area contributed by atoms with Crippen LogP contribution in [-0.2, 0) is 5.60 Å². The number of carboxylic acid groups (broad SMARTS) is 1. The zero-order valence-electron chi connectivity index (χ0n) is 14.3. The van der Waals surface area contributed by atoms with Gasteiger partial charge in [0, 0.05) is 19.0 Å². The molecule has 3 atom stereocenters. The lowest BCUT2D eigenvalue weighted by Gasteiger charge is -2.41. The highest BCUT2D eigenvalue weighted by atomic mass is 35.5. The minimum atomic E-state index is -1.13. The van der Waals surface area contributed by atoms with Gasteiger partial charge in [0.2, 0.25) is 0 Å². The highest BCUT2D eigenvalue weighted by molar-refractivity contribution is 6.33. The number of hydrogen-bond acceptors (Lipinski definition) is 4. The summed E-state index contributed by atoms with van der Waals surface area (Å²) in [6.07, 6.45) is 2.80. The van der Waals surface area contributed by atoms with E-state index in [1.54, 1.807) is 12.1 Å². The first kappa shape index (κ1) is 17.3. The third kappa shape index (κ3) is 2.85. The Morgan fingerprint density at radius 1 is 1.19 bits per heavy atom. The molecule has 1 saturated heterocycles. The van der Waals surface area contributed by atoms with E-state index in [0.29, 0.717) is 18.3 Å². The van der Waals surface area contributed by atoms with Crippen LogP contribution in [0.3, 0.4) is 0 Å². The number of pyridine rings is 1. The van der Waals surface area contributed by atoms with E-state index in [2.05, 4.69) is 9.88 Å². The molecule has 1 aromatic carbocycles. The predicted octanol–water partition coefficient (Wildman–Crippen LogP) is 3.56. The van der Waals surface area contributed by atoms with Crippen LogP contribution in [0.1, 0.15) is 35.3 Å². The molecule has 4 rings (SSSR count). The number of aromatic nitrogens is 1. The number of fused-ring (bicyclic) bond motifs is 1. The van der Waals surface area contributed by atoms with Gasteiger partial charge in [-0.2, -0.15) is 0 Å². The molecule has 2 fully saturated rings. The Labute approximate surface area is 157 Å². The number of halogens is 1. The van der Waals surface area contributed by atoms with Crippen LogP contribution in [0, 0.1) is 11.8 Å². The van der Waals surface area contributed by atoms with Crippen molar-refractivity contribution in [2.24, 2.45) is 11.8 Å². The maximum atomic E-state index is 11.5. The summed E-state index contributed by atoms with van der Waals surface area (Å²) in [5.74, 6) is -0.0602. The minimum Gasteiger partial charge on any atom is -0.476 e. The number of aromatic carboxylic acids is 1. The van der Waals surface area contributed by atoms with Crippen LogP contribution >= 0.6 is 11.6 Å². The molecule has 1 aliphatic heterocycles. The molecule has 0 bridgehead atoms. The van der Waals surface area contributed by atoms with Crippen molar-refractivity contribution in [3.8, 4) is 0 Å². The van der Waals surface area contributed by atoms with Crippen LogP contribution < -0.4 is 4.90 Å². The van der Waals surface area contributed by atoms with Crippen molar-refractivity contribution in [2.45, 2.75) is 24.9 Å². The third-order valence-electron chi connectivity index (χ3n) is 5.82. The van der Waals surface area contributed by atoms with Gasteiger partial charge >= 0.3 is 5.97 Å². The van der Waals surface area contributed by atoms with Crippen molar-refractivity contribution in [3.05, 3.63) is 58.7 Å². The van der Waals surface area contributed by atoms with Crippen LogP contribution in [0.4, 0.5) is 5.82 Å². The maximum absolute atomic E-state index is 11.5. The van der Waals surface area contributed by atoms with Gasteiger partial charge in [0.1, 0.15) is 5.82 Å². The Balaban J connectivity index is 1.64. The minimum absolute atomic E-state index is 0.101. The maximum Gasteiger partial charge on any atom is 0.356 e. The van der Waals surface area contributed by atoms with Gasteiger partial charge < -0.3 is 15.1 Å². The highest BCUT2D eigenvalue weighted by Gasteiger charge is 2.49. The molecule has 0 radical (unpaired) electrons. The molecule has 2 N–H and O–H groups in total. The van der Waals surface area contributed by atoms with Crippen molar-refractivity contribution in [1.29, 1.82) is 0 Å². The van der Waals surface area contributed by atoms with E-state index in [1.807, 2.05) is 30.3 Å². The number of benzene rings is 1. The zero-order chi connectivity index (χ0) is 18.3. The summed E-state index contributed by atoms with van der Waals surface area (Å²) in [4.78, 5) is 17.6. The van der Waals surface area contributed by atoms with Gasteiger partial charge in [-0.05, 0) is 42.9 Å². The quantitative estimate of drug-likeness (QED) is 0.861. The second-order valence-electron chi connectivity index (χ2n) is 7.26. The van der Waals surface area contributed by atoms with Gasteiger partial charge in [0.15, 0.2) is 5.69 Å². The fraction of sp³-hybridized carbons (Fsp3) is 0.400. The van der Waals surface area contributed by atoms with E-state index in [-0.39, 0.29) is 16.6 Å². The number of nitrogens with zero attached hydrogens (tertiary/aromatic N) is 2. The van der Waals surface area contributed by atoms with Crippen molar-refractivity contribution < 1.29 is 15.0 Å². The van der Waals surface area contributed by atoms with Gasteiger partial charge in [-0.25, -0.2) is 9.78 Å². The summed E-state index contributed by atoms with van der Waals surface area (Å²) in [6.45, 7) is 1.43. The molecule has 1 saturated carbocycles. The molecule has 2 aliphatic rings. The average molecular weight is 373 g/mol. The van der Waals surface area contributed by atoms with Gasteiger partial charge in [-0.3, -0.25) is 0 Å². The van der Waals surface area contributed by atoms with E-state index < -0.39 is 11.6 Å². The van der Waals surface area contributed by atoms with Crippen molar-refractivity contribution >= 4 is 23.4 Å². The highest BCUT2D eigenvalue weighted by Crippen LogP contribution is 2.48. The number of anilines is 1. The Hall–Kier alpha value is -2.11. The van der Waals surface area contributed by atoms with E-state index in [0.717, 1.165) is 31.4 Å². The average Bonchev–Trinajstić information content (AvgIpc) is 3.08. The van der Waals surface area contributed by atoms with E-state index in [1.165, 1.54) is 0 Å². The van der Waals surface area contributed by atoms with Crippen LogP contribution in [0.25, 0.3) is 0 Å². The Morgan fingerprint density at radius 3 is 2.69 bits per heavy atom. The predicted molar refractivity (Wildman–Crippen MR) is 99.6 cm³/mol. The molecule has 2 aromatic rings. The molecule has 5 nitrogen and oxygen atoms in total. The summed E-state index contributed by atoms with van der Waals surface area (Å²) >= 11 is 5.94. The van der Waals surface area contributed by atoms with E-state index >= 15 is 0 Å². The van der Waals surface area contributed by atoms with Crippen LogP contribution in [0.2, 0.25) is 5.02 Å². The van der Waals surface area contributed by atoms with Crippen molar-refractivity contribution in [3.63, 3.8) is 0 Å². The molecular weight excluding hydrogens is 352 g/mol. The van der Waals surface area contributed by atoms with Crippen molar-refractivity contribution in [1.82, 2.24) is 4.98 Å². The summed E-state index contributed by atoms with van der Waals surface area (Å²) in [6, 6.07) is 13.2. The number of rotatable bonds is 3. The lowest BCUT2D eigenvalue weighted by molar-refractivity contribution is -0.0631. The fourth-order valence-electron chi connectivity index (χ4n) is 4.55.